The van der Waals surface area contributed by atoms with Crippen molar-refractivity contribution in [3.05, 3.63) is 0 Å². The largest absolute Gasteiger partial charge is 0.316 e. The zero-order chi connectivity index (χ0) is 9.52. The van der Waals surface area contributed by atoms with Gasteiger partial charge in [-0.15, -0.1) is 0 Å². The first-order chi connectivity index (χ1) is 6.33. The van der Waals surface area contributed by atoms with E-state index in [0.717, 1.165) is 0 Å². The summed E-state index contributed by atoms with van der Waals surface area (Å²) in [5.74, 6) is 0. The standard InChI is InChI=1S/C11H24N2/c1-11(12-2)10-13-8-6-4-3-5-7-9-13/h11-12H,3-10H2,1-2H3. The van der Waals surface area contributed by atoms with E-state index in [-0.39, 0.29) is 0 Å². The topological polar surface area (TPSA) is 15.3 Å². The van der Waals surface area contributed by atoms with E-state index in [1.807, 2.05) is 0 Å². The molecule has 13 heavy (non-hydrogen) atoms. The minimum atomic E-state index is 0.638. The van der Waals surface area contributed by atoms with E-state index in [9.17, 15) is 0 Å². The van der Waals surface area contributed by atoms with Crippen LogP contribution in [0.25, 0.3) is 0 Å². The fourth-order valence-electron chi connectivity index (χ4n) is 1.97. The van der Waals surface area contributed by atoms with Gasteiger partial charge in [-0.05, 0) is 39.9 Å². The Bertz CT molecular complexity index is 117. The monoisotopic (exact) mass is 184 g/mol. The number of hydrogen-bond acceptors (Lipinski definition) is 2. The van der Waals surface area contributed by atoms with Gasteiger partial charge in [0, 0.05) is 12.6 Å². The molecule has 1 atom stereocenters. The second-order valence-electron chi connectivity index (χ2n) is 4.26. The molecule has 0 aromatic carbocycles. The van der Waals surface area contributed by atoms with E-state index >= 15 is 0 Å². The molecule has 0 bridgehead atoms. The number of hydrogen-bond donors (Lipinski definition) is 1. The molecule has 2 heteroatoms. The van der Waals surface area contributed by atoms with Gasteiger partial charge < -0.3 is 10.2 Å². The number of rotatable bonds is 3. The van der Waals surface area contributed by atoms with Crippen molar-refractivity contribution in [3.8, 4) is 0 Å². The van der Waals surface area contributed by atoms with Crippen LogP contribution in [0.2, 0.25) is 0 Å². The third kappa shape index (κ3) is 4.63. The highest BCUT2D eigenvalue weighted by Gasteiger charge is 2.09. The highest BCUT2D eigenvalue weighted by Crippen LogP contribution is 2.10. The molecular formula is C11H24N2. The van der Waals surface area contributed by atoms with Gasteiger partial charge in [0.1, 0.15) is 0 Å². The molecule has 0 radical (unpaired) electrons. The number of likely N-dealkylation sites (tertiary alicyclic amines) is 1. The molecule has 1 N–H and O–H groups in total. The molecule has 0 amide bonds. The Hall–Kier alpha value is -0.0800. The summed E-state index contributed by atoms with van der Waals surface area (Å²) >= 11 is 0. The van der Waals surface area contributed by atoms with Crippen LogP contribution in [-0.4, -0.2) is 37.6 Å². The van der Waals surface area contributed by atoms with Crippen molar-refractivity contribution in [3.63, 3.8) is 0 Å². The molecule has 1 heterocycles. The summed E-state index contributed by atoms with van der Waals surface area (Å²) < 4.78 is 0. The van der Waals surface area contributed by atoms with Gasteiger partial charge in [-0.3, -0.25) is 0 Å². The number of likely N-dealkylation sites (N-methyl/N-ethyl adjacent to an activating group) is 1. The highest BCUT2D eigenvalue weighted by atomic mass is 15.1. The van der Waals surface area contributed by atoms with Gasteiger partial charge in [0.25, 0.3) is 0 Å². The molecule has 1 rings (SSSR count). The van der Waals surface area contributed by atoms with Gasteiger partial charge in [0.2, 0.25) is 0 Å². The maximum atomic E-state index is 3.31. The summed E-state index contributed by atoms with van der Waals surface area (Å²) in [4.78, 5) is 2.61. The van der Waals surface area contributed by atoms with Gasteiger partial charge in [0.15, 0.2) is 0 Å². The lowest BCUT2D eigenvalue weighted by Crippen LogP contribution is -2.39. The van der Waals surface area contributed by atoms with Gasteiger partial charge >= 0.3 is 0 Å². The SMILES string of the molecule is CNC(C)CN1CCCCCCC1. The van der Waals surface area contributed by atoms with E-state index in [2.05, 4.69) is 24.2 Å². The lowest BCUT2D eigenvalue weighted by atomic mass is 10.1. The minimum Gasteiger partial charge on any atom is -0.316 e. The Balaban J connectivity index is 2.21. The Morgan fingerprint density at radius 2 is 1.62 bits per heavy atom. The van der Waals surface area contributed by atoms with Crippen molar-refractivity contribution in [1.29, 1.82) is 0 Å². The Morgan fingerprint density at radius 3 is 2.15 bits per heavy atom. The van der Waals surface area contributed by atoms with Crippen LogP contribution in [0.4, 0.5) is 0 Å². The second kappa shape index (κ2) is 6.39. The van der Waals surface area contributed by atoms with Gasteiger partial charge in [-0.1, -0.05) is 19.3 Å². The average molecular weight is 184 g/mol. The summed E-state index contributed by atoms with van der Waals surface area (Å²) in [6, 6.07) is 0.638. The smallest absolute Gasteiger partial charge is 0.0163 e. The van der Waals surface area contributed by atoms with Crippen LogP contribution in [0.15, 0.2) is 0 Å². The summed E-state index contributed by atoms with van der Waals surface area (Å²) in [6.45, 7) is 6.10. The first-order valence-electron chi connectivity index (χ1n) is 5.72. The van der Waals surface area contributed by atoms with E-state index in [0.29, 0.717) is 6.04 Å². The molecule has 1 unspecified atom stereocenters. The minimum absolute atomic E-state index is 0.638. The molecule has 78 valence electrons. The Labute approximate surface area is 82.7 Å². The first kappa shape index (κ1) is 11.0. The second-order valence-corrected chi connectivity index (χ2v) is 4.26. The summed E-state index contributed by atoms with van der Waals surface area (Å²) in [5.41, 5.74) is 0. The van der Waals surface area contributed by atoms with E-state index in [4.69, 9.17) is 0 Å². The molecule has 0 aromatic heterocycles. The summed E-state index contributed by atoms with van der Waals surface area (Å²) in [7, 11) is 2.05. The number of nitrogens with one attached hydrogen (secondary N) is 1. The first-order valence-corrected chi connectivity index (χ1v) is 5.72. The average Bonchev–Trinajstić information content (AvgIpc) is 2.09. The quantitative estimate of drug-likeness (QED) is 0.720. The van der Waals surface area contributed by atoms with Crippen molar-refractivity contribution >= 4 is 0 Å². The maximum Gasteiger partial charge on any atom is 0.0163 e. The number of nitrogens with zero attached hydrogens (tertiary/aromatic N) is 1. The highest BCUT2D eigenvalue weighted by molar-refractivity contribution is 4.68. The normalized spacial score (nSPS) is 23.5. The van der Waals surface area contributed by atoms with E-state index in [1.165, 1.54) is 51.7 Å². The van der Waals surface area contributed by atoms with Crippen molar-refractivity contribution in [2.75, 3.05) is 26.7 Å². The summed E-state index contributed by atoms with van der Waals surface area (Å²) in [5, 5.41) is 3.31. The fourth-order valence-corrected chi connectivity index (χ4v) is 1.97. The zero-order valence-corrected chi connectivity index (χ0v) is 9.18. The molecule has 1 fully saturated rings. The van der Waals surface area contributed by atoms with Crippen molar-refractivity contribution in [2.24, 2.45) is 0 Å². The van der Waals surface area contributed by atoms with Crippen molar-refractivity contribution in [1.82, 2.24) is 10.2 Å². The summed E-state index contributed by atoms with van der Waals surface area (Å²) in [6.07, 6.45) is 7.12. The van der Waals surface area contributed by atoms with E-state index in [1.54, 1.807) is 0 Å². The van der Waals surface area contributed by atoms with Crippen LogP contribution in [0, 0.1) is 0 Å². The van der Waals surface area contributed by atoms with Crippen molar-refractivity contribution < 1.29 is 0 Å². The fraction of sp³-hybridized carbons (Fsp3) is 1.00. The Morgan fingerprint density at radius 1 is 1.08 bits per heavy atom. The molecule has 1 saturated heterocycles. The van der Waals surface area contributed by atoms with Crippen LogP contribution >= 0.6 is 0 Å². The molecule has 1 aliphatic heterocycles. The van der Waals surface area contributed by atoms with Crippen LogP contribution in [0.3, 0.4) is 0 Å². The third-order valence-corrected chi connectivity index (χ3v) is 2.97. The maximum absolute atomic E-state index is 3.31. The van der Waals surface area contributed by atoms with Gasteiger partial charge in [0.05, 0.1) is 0 Å². The van der Waals surface area contributed by atoms with Gasteiger partial charge in [-0.25, -0.2) is 0 Å². The molecule has 0 saturated carbocycles. The van der Waals surface area contributed by atoms with Crippen LogP contribution < -0.4 is 5.32 Å². The van der Waals surface area contributed by atoms with Crippen molar-refractivity contribution in [2.45, 2.75) is 45.1 Å². The molecule has 0 spiro atoms. The lowest BCUT2D eigenvalue weighted by molar-refractivity contribution is 0.229. The van der Waals surface area contributed by atoms with Crippen LogP contribution in [0.5, 0.6) is 0 Å². The Kier molecular flexibility index (Phi) is 5.40. The zero-order valence-electron chi connectivity index (χ0n) is 9.18. The molecule has 1 aliphatic rings. The van der Waals surface area contributed by atoms with E-state index < -0.39 is 0 Å². The third-order valence-electron chi connectivity index (χ3n) is 2.97. The predicted octanol–water partition coefficient (Wildman–Crippen LogP) is 1.86. The lowest BCUT2D eigenvalue weighted by Gasteiger charge is -2.27. The molecular weight excluding hydrogens is 160 g/mol. The van der Waals surface area contributed by atoms with Crippen LogP contribution in [0.1, 0.15) is 39.0 Å². The molecule has 0 aromatic rings. The molecule has 2 nitrogen and oxygen atoms in total. The molecule has 0 aliphatic carbocycles. The van der Waals surface area contributed by atoms with Crippen LogP contribution in [-0.2, 0) is 0 Å². The predicted molar refractivity (Wildman–Crippen MR) is 58.0 cm³/mol. The van der Waals surface area contributed by atoms with Gasteiger partial charge in [-0.2, -0.15) is 0 Å².